The Morgan fingerprint density at radius 3 is 1.42 bits per heavy atom. The summed E-state index contributed by atoms with van der Waals surface area (Å²) in [6.45, 7) is 14.6. The van der Waals surface area contributed by atoms with Gasteiger partial charge in [0.1, 0.15) is 0 Å². The molecule has 0 spiro atoms. The molecule has 5 nitrogen and oxygen atoms in total. The van der Waals surface area contributed by atoms with Crippen LogP contribution in [0.5, 0.6) is 0 Å². The first kappa shape index (κ1) is 25.1. The van der Waals surface area contributed by atoms with E-state index in [2.05, 4.69) is 42.5 Å². The van der Waals surface area contributed by atoms with Gasteiger partial charge in [-0.15, -0.1) is 0 Å². The maximum absolute atomic E-state index is 12.8. The third-order valence-corrected chi connectivity index (χ3v) is 6.79. The van der Waals surface area contributed by atoms with Crippen LogP contribution in [0.4, 0.5) is 0 Å². The lowest BCUT2D eigenvalue weighted by Crippen LogP contribution is -2.24. The predicted octanol–water partition coefficient (Wildman–Crippen LogP) is 5.93. The van der Waals surface area contributed by atoms with Crippen LogP contribution in [-0.2, 0) is 0 Å². The van der Waals surface area contributed by atoms with E-state index in [4.69, 9.17) is 0 Å². The van der Waals surface area contributed by atoms with Crippen LogP contribution in [-0.4, -0.2) is 65.6 Å². The van der Waals surface area contributed by atoms with E-state index in [0.717, 1.165) is 85.0 Å². The largest absolute Gasteiger partial charge is 0.355 e. The van der Waals surface area contributed by atoms with E-state index in [1.54, 1.807) is 0 Å². The Hall–Kier alpha value is -2.50. The molecule has 0 saturated carbocycles. The highest BCUT2D eigenvalue weighted by Crippen LogP contribution is 2.28. The highest BCUT2D eigenvalue weighted by atomic mass is 16.1. The highest BCUT2D eigenvalue weighted by Gasteiger charge is 2.13. The number of ketones is 2. The summed E-state index contributed by atoms with van der Waals surface area (Å²) in [5.41, 5.74) is 3.49. The quantitative estimate of drug-likeness (QED) is 0.310. The molecule has 0 fully saturated rings. The molecule has 2 aromatic carbocycles. The van der Waals surface area contributed by atoms with E-state index in [0.29, 0.717) is 12.8 Å². The molecule has 0 amide bonds. The van der Waals surface area contributed by atoms with Crippen LogP contribution >= 0.6 is 0 Å². The fraction of sp³-hybridized carbons (Fsp3) is 0.500. The number of hydrogen-bond acceptors (Lipinski definition) is 4. The first-order chi connectivity index (χ1) is 16.0. The zero-order valence-electron chi connectivity index (χ0n) is 20.7. The number of carbonyl (C=O) groups excluding carboxylic acids is 2. The second kappa shape index (κ2) is 12.1. The summed E-state index contributed by atoms with van der Waals surface area (Å²) >= 11 is 0. The Labute approximate surface area is 198 Å². The van der Waals surface area contributed by atoms with Crippen molar-refractivity contribution in [2.24, 2.45) is 0 Å². The van der Waals surface area contributed by atoms with Gasteiger partial charge in [-0.25, -0.2) is 0 Å². The molecule has 0 aliphatic carbocycles. The number of rotatable bonds is 14. The molecule has 0 bridgehead atoms. The van der Waals surface area contributed by atoms with Crippen molar-refractivity contribution < 1.29 is 9.59 Å². The van der Waals surface area contributed by atoms with Crippen molar-refractivity contribution in [2.75, 3.05) is 39.3 Å². The summed E-state index contributed by atoms with van der Waals surface area (Å²) in [4.78, 5) is 33.7. The van der Waals surface area contributed by atoms with Crippen LogP contribution in [0.25, 0.3) is 21.8 Å². The van der Waals surface area contributed by atoms with Crippen molar-refractivity contribution in [1.29, 1.82) is 0 Å². The molecule has 0 unspecified atom stereocenters. The second-order valence-corrected chi connectivity index (χ2v) is 8.75. The number of nitrogens with zero attached hydrogens (tertiary/aromatic N) is 2. The van der Waals surface area contributed by atoms with E-state index in [1.807, 2.05) is 36.4 Å². The monoisotopic (exact) mass is 449 g/mol. The van der Waals surface area contributed by atoms with Gasteiger partial charge in [-0.1, -0.05) is 27.7 Å². The normalized spacial score (nSPS) is 11.8. The smallest absolute Gasteiger partial charge is 0.162 e. The first-order valence-electron chi connectivity index (χ1n) is 12.6. The van der Waals surface area contributed by atoms with Gasteiger partial charge in [0.05, 0.1) is 0 Å². The third-order valence-electron chi connectivity index (χ3n) is 6.79. The minimum atomic E-state index is 0.182. The molecule has 1 heterocycles. The number of nitrogens with one attached hydrogen (secondary N) is 1. The van der Waals surface area contributed by atoms with E-state index in [9.17, 15) is 9.59 Å². The lowest BCUT2D eigenvalue weighted by molar-refractivity contribution is 0.0967. The van der Waals surface area contributed by atoms with Crippen molar-refractivity contribution in [3.63, 3.8) is 0 Å². The van der Waals surface area contributed by atoms with Gasteiger partial charge in [-0.3, -0.25) is 9.59 Å². The number of hydrogen-bond donors (Lipinski definition) is 1. The van der Waals surface area contributed by atoms with Gasteiger partial charge in [0.15, 0.2) is 11.6 Å². The number of Topliss-reactive ketones (excluding diaryl/α,β-unsaturated/α-hetero) is 2. The van der Waals surface area contributed by atoms with Crippen LogP contribution in [0.2, 0.25) is 0 Å². The standard InChI is InChI=1S/C28H39N3O2/c1-5-30(6-2)17-9-11-27(32)21-13-15-25-23(19-21)24-20-22(14-16-26(24)29-25)28(33)12-10-18-31(7-3)8-4/h13-16,19-20,29H,5-12,17-18H2,1-4H3. The van der Waals surface area contributed by atoms with Gasteiger partial charge in [-0.2, -0.15) is 0 Å². The summed E-state index contributed by atoms with van der Waals surface area (Å²) in [6, 6.07) is 11.8. The first-order valence-corrected chi connectivity index (χ1v) is 12.6. The Kier molecular flexibility index (Phi) is 9.21. The van der Waals surface area contributed by atoms with Gasteiger partial charge in [-0.05, 0) is 88.5 Å². The van der Waals surface area contributed by atoms with Gasteiger partial charge in [0.2, 0.25) is 0 Å². The SMILES string of the molecule is CCN(CC)CCCC(=O)c1ccc2[nH]c3ccc(C(=O)CCCN(CC)CC)cc3c2c1. The van der Waals surface area contributed by atoms with E-state index in [1.165, 1.54) is 0 Å². The van der Waals surface area contributed by atoms with Crippen LogP contribution < -0.4 is 0 Å². The molecule has 0 aliphatic rings. The molecule has 33 heavy (non-hydrogen) atoms. The summed E-state index contributed by atoms with van der Waals surface area (Å²) in [7, 11) is 0. The van der Waals surface area contributed by atoms with Crippen molar-refractivity contribution >= 4 is 33.4 Å². The lowest BCUT2D eigenvalue weighted by Gasteiger charge is -2.17. The van der Waals surface area contributed by atoms with E-state index < -0.39 is 0 Å². The lowest BCUT2D eigenvalue weighted by atomic mass is 10.0. The van der Waals surface area contributed by atoms with Crippen molar-refractivity contribution in [2.45, 2.75) is 53.4 Å². The average molecular weight is 450 g/mol. The van der Waals surface area contributed by atoms with Crippen LogP contribution in [0.3, 0.4) is 0 Å². The maximum atomic E-state index is 12.8. The van der Waals surface area contributed by atoms with E-state index in [-0.39, 0.29) is 11.6 Å². The number of benzene rings is 2. The minimum absolute atomic E-state index is 0.182. The van der Waals surface area contributed by atoms with Gasteiger partial charge in [0.25, 0.3) is 0 Å². The zero-order valence-corrected chi connectivity index (χ0v) is 20.7. The molecule has 0 atom stereocenters. The Balaban J connectivity index is 1.74. The molecule has 178 valence electrons. The van der Waals surface area contributed by atoms with Gasteiger partial charge >= 0.3 is 0 Å². The number of H-pyrrole nitrogens is 1. The maximum Gasteiger partial charge on any atom is 0.162 e. The Bertz CT molecular complexity index is 993. The fourth-order valence-corrected chi connectivity index (χ4v) is 4.54. The number of carbonyl (C=O) groups is 2. The predicted molar refractivity (Wildman–Crippen MR) is 139 cm³/mol. The molecule has 0 saturated heterocycles. The summed E-state index contributed by atoms with van der Waals surface area (Å²) < 4.78 is 0. The van der Waals surface area contributed by atoms with Crippen LogP contribution in [0.1, 0.15) is 74.1 Å². The molecule has 5 heteroatoms. The Morgan fingerprint density at radius 2 is 1.06 bits per heavy atom. The fourth-order valence-electron chi connectivity index (χ4n) is 4.54. The molecule has 0 radical (unpaired) electrons. The Morgan fingerprint density at radius 1 is 0.667 bits per heavy atom. The molecule has 0 aliphatic heterocycles. The molecule has 3 aromatic rings. The number of aromatic nitrogens is 1. The summed E-state index contributed by atoms with van der Waals surface area (Å²) in [5.74, 6) is 0.365. The molecular weight excluding hydrogens is 410 g/mol. The second-order valence-electron chi connectivity index (χ2n) is 8.75. The third kappa shape index (κ3) is 6.30. The summed E-state index contributed by atoms with van der Waals surface area (Å²) in [5, 5.41) is 2.02. The van der Waals surface area contributed by atoms with Gasteiger partial charge < -0.3 is 14.8 Å². The van der Waals surface area contributed by atoms with E-state index >= 15 is 0 Å². The van der Waals surface area contributed by atoms with Crippen molar-refractivity contribution in [3.8, 4) is 0 Å². The number of aromatic amines is 1. The van der Waals surface area contributed by atoms with Crippen LogP contribution in [0, 0.1) is 0 Å². The van der Waals surface area contributed by atoms with Crippen LogP contribution in [0.15, 0.2) is 36.4 Å². The summed E-state index contributed by atoms with van der Waals surface area (Å²) in [6.07, 6.45) is 2.86. The van der Waals surface area contributed by atoms with Crippen molar-refractivity contribution in [1.82, 2.24) is 14.8 Å². The molecular formula is C28H39N3O2. The molecule has 1 aromatic heterocycles. The zero-order chi connectivity index (χ0) is 23.8. The number of fused-ring (bicyclic) bond motifs is 3. The average Bonchev–Trinajstić information content (AvgIpc) is 3.21. The van der Waals surface area contributed by atoms with Gasteiger partial charge in [0, 0.05) is 45.8 Å². The van der Waals surface area contributed by atoms with Crippen molar-refractivity contribution in [3.05, 3.63) is 47.5 Å². The molecule has 3 rings (SSSR count). The highest BCUT2D eigenvalue weighted by molar-refractivity contribution is 6.12. The minimum Gasteiger partial charge on any atom is -0.355 e. The topological polar surface area (TPSA) is 56.4 Å². The molecule has 1 N–H and O–H groups in total.